The molecule has 1 aromatic carbocycles. The molecule has 0 aromatic heterocycles. The Balaban J connectivity index is 2.48. The average Bonchev–Trinajstić information content (AvgIpc) is 2.84. The van der Waals surface area contributed by atoms with Gasteiger partial charge in [0, 0.05) is 22.4 Å². The van der Waals surface area contributed by atoms with E-state index < -0.39 is 23.0 Å². The van der Waals surface area contributed by atoms with Gasteiger partial charge in [0.05, 0.1) is 7.11 Å². The molecule has 1 heterocycles. The van der Waals surface area contributed by atoms with Gasteiger partial charge in [0.1, 0.15) is 0 Å². The number of amides is 1. The van der Waals surface area contributed by atoms with E-state index in [0.717, 1.165) is 5.01 Å². The fourth-order valence-corrected chi connectivity index (χ4v) is 2.51. The average molecular weight is 339 g/mol. The molecule has 23 heavy (non-hydrogen) atoms. The van der Waals surface area contributed by atoms with Gasteiger partial charge >= 0.3 is 5.97 Å². The Labute approximate surface area is 139 Å². The molecule has 1 atom stereocenters. The first-order valence-electron chi connectivity index (χ1n) is 7.08. The first kappa shape index (κ1) is 17.4. The number of hydrogen-bond donors (Lipinski definition) is 1. The lowest BCUT2D eigenvalue weighted by molar-refractivity contribution is -0.144. The molecule has 0 fully saturated rings. The van der Waals surface area contributed by atoms with Crippen LogP contribution in [0.1, 0.15) is 37.6 Å². The molecule has 1 aliphatic heterocycles. The predicted molar refractivity (Wildman–Crippen MR) is 86.1 cm³/mol. The van der Waals surface area contributed by atoms with Crippen molar-refractivity contribution in [2.75, 3.05) is 7.11 Å². The molecule has 0 aliphatic carbocycles. The van der Waals surface area contributed by atoms with Crippen LogP contribution in [0.5, 0.6) is 0 Å². The zero-order valence-electron chi connectivity index (χ0n) is 13.5. The Hall–Kier alpha value is -1.92. The molecule has 1 N–H and O–H groups in total. The van der Waals surface area contributed by atoms with Gasteiger partial charge in [-0.15, -0.1) is 0 Å². The van der Waals surface area contributed by atoms with Gasteiger partial charge in [-0.1, -0.05) is 38.4 Å². The van der Waals surface area contributed by atoms with Gasteiger partial charge in [-0.25, -0.2) is 4.79 Å². The maximum absolute atomic E-state index is 12.8. The van der Waals surface area contributed by atoms with E-state index in [0.29, 0.717) is 5.02 Å². The van der Waals surface area contributed by atoms with Crippen molar-refractivity contribution in [2.45, 2.75) is 32.9 Å². The zero-order chi connectivity index (χ0) is 17.4. The van der Waals surface area contributed by atoms with Crippen molar-refractivity contribution in [2.24, 2.45) is 10.5 Å². The summed E-state index contributed by atoms with van der Waals surface area (Å²) in [5.41, 5.74) is -2.11. The highest BCUT2D eigenvalue weighted by atomic mass is 35.5. The number of halogens is 1. The third-order valence-corrected chi connectivity index (χ3v) is 4.11. The van der Waals surface area contributed by atoms with E-state index in [1.807, 2.05) is 0 Å². The van der Waals surface area contributed by atoms with E-state index in [2.05, 4.69) is 9.84 Å². The van der Waals surface area contributed by atoms with Crippen LogP contribution in [-0.2, 0) is 9.53 Å². The molecule has 7 heteroatoms. The molecule has 0 unspecified atom stereocenters. The number of esters is 1. The standard InChI is InChI=1S/C16H19ClN2O4/c1-15(2,3)16(22)9-12(14(21)23-4)18-19(16)13(20)10-6-5-7-11(17)8-10/h5-8,22H,9H2,1-4H3/t16-/m0/s1. The summed E-state index contributed by atoms with van der Waals surface area (Å²) < 4.78 is 4.65. The molecule has 0 saturated carbocycles. The molecule has 1 aliphatic rings. The van der Waals surface area contributed by atoms with Crippen LogP contribution in [0.25, 0.3) is 0 Å². The third kappa shape index (κ3) is 3.09. The monoisotopic (exact) mass is 338 g/mol. The summed E-state index contributed by atoms with van der Waals surface area (Å²) in [4.78, 5) is 24.5. The van der Waals surface area contributed by atoms with E-state index >= 15 is 0 Å². The van der Waals surface area contributed by atoms with Crippen LogP contribution in [0.2, 0.25) is 5.02 Å². The lowest BCUT2D eigenvalue weighted by Gasteiger charge is -2.41. The molecule has 0 saturated heterocycles. The van der Waals surface area contributed by atoms with Crippen LogP contribution < -0.4 is 0 Å². The molecular weight excluding hydrogens is 320 g/mol. The topological polar surface area (TPSA) is 79.2 Å². The summed E-state index contributed by atoms with van der Waals surface area (Å²) in [5.74, 6) is -1.21. The second-order valence-electron chi connectivity index (χ2n) is 6.41. The van der Waals surface area contributed by atoms with Gasteiger partial charge in [-0.3, -0.25) is 4.79 Å². The first-order valence-corrected chi connectivity index (χ1v) is 7.46. The molecular formula is C16H19ClN2O4. The van der Waals surface area contributed by atoms with Crippen molar-refractivity contribution < 1.29 is 19.4 Å². The number of methoxy groups -OCH3 is 1. The van der Waals surface area contributed by atoms with E-state index in [-0.39, 0.29) is 17.7 Å². The van der Waals surface area contributed by atoms with Gasteiger partial charge in [0.2, 0.25) is 0 Å². The molecule has 0 bridgehead atoms. The normalized spacial score (nSPS) is 21.1. The van der Waals surface area contributed by atoms with Crippen LogP contribution in [0.3, 0.4) is 0 Å². The van der Waals surface area contributed by atoms with Crippen molar-refractivity contribution in [3.63, 3.8) is 0 Å². The summed E-state index contributed by atoms with van der Waals surface area (Å²) in [5, 5.41) is 16.4. The Morgan fingerprint density at radius 1 is 1.39 bits per heavy atom. The van der Waals surface area contributed by atoms with Crippen molar-refractivity contribution in [3.8, 4) is 0 Å². The predicted octanol–water partition coefficient (Wildman–Crippen LogP) is 2.45. The third-order valence-electron chi connectivity index (χ3n) is 3.87. The number of ether oxygens (including phenoxy) is 1. The van der Waals surface area contributed by atoms with Gasteiger partial charge in [0.15, 0.2) is 11.4 Å². The molecule has 6 nitrogen and oxygen atoms in total. The second kappa shape index (κ2) is 5.94. The quantitative estimate of drug-likeness (QED) is 0.840. The van der Waals surface area contributed by atoms with Crippen molar-refractivity contribution in [3.05, 3.63) is 34.9 Å². The number of nitrogens with zero attached hydrogens (tertiary/aromatic N) is 2. The molecule has 0 spiro atoms. The lowest BCUT2D eigenvalue weighted by atomic mass is 9.80. The number of hydrazone groups is 1. The van der Waals surface area contributed by atoms with Crippen LogP contribution in [0, 0.1) is 5.41 Å². The number of aliphatic hydroxyl groups is 1. The summed E-state index contributed by atoms with van der Waals surface area (Å²) >= 11 is 5.91. The van der Waals surface area contributed by atoms with Gasteiger partial charge in [-0.05, 0) is 18.2 Å². The number of benzene rings is 1. The highest BCUT2D eigenvalue weighted by Gasteiger charge is 2.54. The van der Waals surface area contributed by atoms with E-state index in [9.17, 15) is 14.7 Å². The smallest absolute Gasteiger partial charge is 0.354 e. The van der Waals surface area contributed by atoms with Gasteiger partial charge in [0.25, 0.3) is 5.91 Å². The van der Waals surface area contributed by atoms with E-state index in [1.54, 1.807) is 39.0 Å². The molecule has 0 radical (unpaired) electrons. The number of hydrogen-bond acceptors (Lipinski definition) is 5. The minimum absolute atomic E-state index is 0.000281. The van der Waals surface area contributed by atoms with Gasteiger partial charge in [-0.2, -0.15) is 10.1 Å². The summed E-state index contributed by atoms with van der Waals surface area (Å²) in [6.45, 7) is 5.29. The first-order chi connectivity index (χ1) is 10.6. The number of rotatable bonds is 2. The van der Waals surface area contributed by atoms with Crippen molar-refractivity contribution in [1.29, 1.82) is 0 Å². The number of carbonyl (C=O) groups is 2. The van der Waals surface area contributed by atoms with E-state index in [1.165, 1.54) is 13.2 Å². The van der Waals surface area contributed by atoms with Crippen molar-refractivity contribution in [1.82, 2.24) is 5.01 Å². The lowest BCUT2D eigenvalue weighted by Crippen LogP contribution is -2.55. The SMILES string of the molecule is COC(=O)C1=NN(C(=O)c2cccc(Cl)c2)[C@@](O)(C(C)(C)C)C1. The van der Waals surface area contributed by atoms with Crippen LogP contribution in [-0.4, -0.2) is 40.5 Å². The summed E-state index contributed by atoms with van der Waals surface area (Å²) in [7, 11) is 1.22. The molecule has 2 rings (SSSR count). The van der Waals surface area contributed by atoms with Crippen LogP contribution in [0.15, 0.2) is 29.4 Å². The number of carbonyl (C=O) groups excluding carboxylic acids is 2. The summed E-state index contributed by atoms with van der Waals surface area (Å²) in [6.07, 6.45) is -0.102. The Kier molecular flexibility index (Phi) is 4.50. The highest BCUT2D eigenvalue weighted by molar-refractivity contribution is 6.37. The highest BCUT2D eigenvalue weighted by Crippen LogP contribution is 2.41. The van der Waals surface area contributed by atoms with Crippen molar-refractivity contribution >= 4 is 29.2 Å². The maximum atomic E-state index is 12.8. The summed E-state index contributed by atoms with van der Waals surface area (Å²) in [6, 6.07) is 6.33. The minimum Gasteiger partial charge on any atom is -0.464 e. The largest absolute Gasteiger partial charge is 0.464 e. The fraction of sp³-hybridized carbons (Fsp3) is 0.438. The van der Waals surface area contributed by atoms with E-state index in [4.69, 9.17) is 11.6 Å². The fourth-order valence-electron chi connectivity index (χ4n) is 2.32. The zero-order valence-corrected chi connectivity index (χ0v) is 14.2. The maximum Gasteiger partial charge on any atom is 0.354 e. The molecule has 124 valence electrons. The Bertz CT molecular complexity index is 681. The minimum atomic E-state index is -1.64. The Morgan fingerprint density at radius 2 is 2.04 bits per heavy atom. The van der Waals surface area contributed by atoms with Crippen LogP contribution in [0.4, 0.5) is 0 Å². The molecule has 1 aromatic rings. The second-order valence-corrected chi connectivity index (χ2v) is 6.85. The Morgan fingerprint density at radius 3 is 2.57 bits per heavy atom. The van der Waals surface area contributed by atoms with Gasteiger partial charge < -0.3 is 9.84 Å². The molecule has 1 amide bonds. The van der Waals surface area contributed by atoms with Crippen LogP contribution >= 0.6 is 11.6 Å².